The molecule has 2 heterocycles. The van der Waals surface area contributed by atoms with Crippen LogP contribution >= 0.6 is 24.0 Å². The van der Waals surface area contributed by atoms with Gasteiger partial charge in [0.25, 0.3) is 5.89 Å². The van der Waals surface area contributed by atoms with Crippen LogP contribution in [-0.4, -0.2) is 10.1 Å². The third kappa shape index (κ3) is 2.53. The number of aromatic nitrogens is 2. The van der Waals surface area contributed by atoms with Crippen molar-refractivity contribution in [2.45, 2.75) is 38.1 Å². The van der Waals surface area contributed by atoms with E-state index in [4.69, 9.17) is 26.3 Å². The quantitative estimate of drug-likeness (QED) is 0.728. The molecular formula is C16H17Cl2N3O2. The van der Waals surface area contributed by atoms with Gasteiger partial charge in [0.15, 0.2) is 17.2 Å². The van der Waals surface area contributed by atoms with E-state index in [0.29, 0.717) is 28.1 Å². The second-order valence-electron chi connectivity index (χ2n) is 5.96. The van der Waals surface area contributed by atoms with Crippen molar-refractivity contribution in [3.8, 4) is 11.7 Å². The second kappa shape index (κ2) is 5.82. The molecule has 122 valence electrons. The van der Waals surface area contributed by atoms with E-state index in [1.807, 2.05) is 19.1 Å². The minimum absolute atomic E-state index is 0. The first-order valence-electron chi connectivity index (χ1n) is 7.39. The molecule has 1 saturated carbocycles. The Kier molecular flexibility index (Phi) is 4.12. The van der Waals surface area contributed by atoms with Gasteiger partial charge in [0.1, 0.15) is 0 Å². The minimum Gasteiger partial charge on any atom is -0.449 e. The zero-order valence-corrected chi connectivity index (χ0v) is 14.2. The van der Waals surface area contributed by atoms with Crippen LogP contribution in [0.2, 0.25) is 5.02 Å². The minimum atomic E-state index is -0.473. The van der Waals surface area contributed by atoms with Crippen molar-refractivity contribution in [2.75, 3.05) is 0 Å². The third-order valence-electron chi connectivity index (χ3n) is 4.48. The molecule has 4 rings (SSSR count). The van der Waals surface area contributed by atoms with Gasteiger partial charge in [-0.25, -0.2) is 0 Å². The van der Waals surface area contributed by atoms with E-state index in [1.165, 1.54) is 0 Å². The van der Waals surface area contributed by atoms with Crippen molar-refractivity contribution in [3.05, 3.63) is 34.6 Å². The number of fused-ring (bicyclic) bond motifs is 1. The highest BCUT2D eigenvalue weighted by atomic mass is 35.5. The van der Waals surface area contributed by atoms with E-state index in [0.717, 1.165) is 36.6 Å². The topological polar surface area (TPSA) is 78.1 Å². The van der Waals surface area contributed by atoms with E-state index in [1.54, 1.807) is 6.07 Å². The lowest BCUT2D eigenvalue weighted by atomic mass is 9.99. The summed E-state index contributed by atoms with van der Waals surface area (Å²) in [6.07, 6.45) is 3.97. The van der Waals surface area contributed by atoms with Crippen molar-refractivity contribution in [1.29, 1.82) is 0 Å². The Labute approximate surface area is 144 Å². The normalized spacial score (nSPS) is 16.7. The predicted octanol–water partition coefficient (Wildman–Crippen LogP) is 4.59. The van der Waals surface area contributed by atoms with Crippen molar-refractivity contribution < 1.29 is 8.94 Å². The zero-order valence-electron chi connectivity index (χ0n) is 12.6. The van der Waals surface area contributed by atoms with Gasteiger partial charge in [-0.1, -0.05) is 41.7 Å². The molecule has 3 aromatic rings. The predicted molar refractivity (Wildman–Crippen MR) is 90.8 cm³/mol. The Morgan fingerprint density at radius 3 is 2.70 bits per heavy atom. The molecule has 0 amide bonds. The highest BCUT2D eigenvalue weighted by Crippen LogP contribution is 2.38. The zero-order chi connectivity index (χ0) is 15.3. The van der Waals surface area contributed by atoms with Crippen molar-refractivity contribution in [2.24, 2.45) is 5.73 Å². The molecule has 2 N–H and O–H groups in total. The summed E-state index contributed by atoms with van der Waals surface area (Å²) in [7, 11) is 0. The average molecular weight is 354 g/mol. The van der Waals surface area contributed by atoms with Crippen LogP contribution in [0.4, 0.5) is 0 Å². The van der Waals surface area contributed by atoms with Crippen LogP contribution in [0.3, 0.4) is 0 Å². The molecule has 0 unspecified atom stereocenters. The molecule has 2 aromatic heterocycles. The van der Waals surface area contributed by atoms with Gasteiger partial charge in [0.05, 0.1) is 10.6 Å². The van der Waals surface area contributed by atoms with E-state index in [2.05, 4.69) is 10.1 Å². The highest BCUT2D eigenvalue weighted by molar-refractivity contribution is 6.35. The van der Waals surface area contributed by atoms with Crippen molar-refractivity contribution >= 4 is 35.0 Å². The van der Waals surface area contributed by atoms with Gasteiger partial charge in [-0.3, -0.25) is 0 Å². The van der Waals surface area contributed by atoms with Crippen LogP contribution in [-0.2, 0) is 5.54 Å². The molecule has 0 radical (unpaired) electrons. The summed E-state index contributed by atoms with van der Waals surface area (Å²) in [6.45, 7) is 1.95. The monoisotopic (exact) mass is 353 g/mol. The van der Waals surface area contributed by atoms with E-state index < -0.39 is 5.54 Å². The lowest BCUT2D eigenvalue weighted by Gasteiger charge is -2.17. The number of furan rings is 1. The number of para-hydroxylation sites is 1. The summed E-state index contributed by atoms with van der Waals surface area (Å²) < 4.78 is 11.3. The summed E-state index contributed by atoms with van der Waals surface area (Å²) >= 11 is 6.18. The Balaban J connectivity index is 0.00000156. The number of benzene rings is 1. The summed E-state index contributed by atoms with van der Waals surface area (Å²) in [5, 5.41) is 5.59. The molecule has 1 aliphatic rings. The molecule has 23 heavy (non-hydrogen) atoms. The first-order valence-corrected chi connectivity index (χ1v) is 7.77. The van der Waals surface area contributed by atoms with Crippen LogP contribution in [0, 0.1) is 6.92 Å². The molecule has 1 fully saturated rings. The van der Waals surface area contributed by atoms with Crippen molar-refractivity contribution in [3.63, 3.8) is 0 Å². The molecule has 0 bridgehead atoms. The first-order chi connectivity index (χ1) is 10.6. The van der Waals surface area contributed by atoms with Gasteiger partial charge >= 0.3 is 0 Å². The maximum Gasteiger partial charge on any atom is 0.294 e. The molecule has 0 saturated heterocycles. The molecule has 7 heteroatoms. The van der Waals surface area contributed by atoms with Crippen LogP contribution in [0.1, 0.15) is 37.1 Å². The van der Waals surface area contributed by atoms with Gasteiger partial charge < -0.3 is 14.7 Å². The Bertz CT molecular complexity index is 850. The van der Waals surface area contributed by atoms with Crippen LogP contribution in [0.25, 0.3) is 22.6 Å². The van der Waals surface area contributed by atoms with Gasteiger partial charge in [-0.2, -0.15) is 4.98 Å². The number of nitrogens with two attached hydrogens (primary N) is 1. The Hall–Kier alpha value is -1.56. The summed E-state index contributed by atoms with van der Waals surface area (Å²) in [5.41, 5.74) is 7.47. The van der Waals surface area contributed by atoms with Gasteiger partial charge in [-0.15, -0.1) is 12.4 Å². The average Bonchev–Trinajstić information content (AvgIpc) is 3.20. The fourth-order valence-corrected chi connectivity index (χ4v) is 3.37. The number of aryl methyl sites for hydroxylation is 1. The van der Waals surface area contributed by atoms with Gasteiger partial charge in [-0.05, 0) is 25.8 Å². The Morgan fingerprint density at radius 2 is 2.00 bits per heavy atom. The van der Waals surface area contributed by atoms with Gasteiger partial charge in [0.2, 0.25) is 0 Å². The van der Waals surface area contributed by atoms with E-state index in [9.17, 15) is 0 Å². The largest absolute Gasteiger partial charge is 0.449 e. The van der Waals surface area contributed by atoms with Crippen LogP contribution < -0.4 is 5.73 Å². The maximum absolute atomic E-state index is 6.37. The van der Waals surface area contributed by atoms with E-state index in [-0.39, 0.29) is 12.4 Å². The van der Waals surface area contributed by atoms with Crippen molar-refractivity contribution in [1.82, 2.24) is 10.1 Å². The third-order valence-corrected chi connectivity index (χ3v) is 4.77. The standard InChI is InChI=1S/C16H16ClN3O2.ClH/c1-9-10-5-4-6-11(17)13(10)21-12(9)14-19-15(20-22-14)16(18)7-2-3-8-16;/h4-6H,2-3,7-8,18H2,1H3;1H. The fraction of sp³-hybridized carbons (Fsp3) is 0.375. The molecule has 1 aliphatic carbocycles. The highest BCUT2D eigenvalue weighted by Gasteiger charge is 2.36. The first kappa shape index (κ1) is 16.3. The van der Waals surface area contributed by atoms with Crippen LogP contribution in [0.5, 0.6) is 0 Å². The lowest BCUT2D eigenvalue weighted by Crippen LogP contribution is -2.34. The molecular weight excluding hydrogens is 337 g/mol. The lowest BCUT2D eigenvalue weighted by molar-refractivity contribution is 0.369. The number of hydrogen-bond donors (Lipinski definition) is 1. The summed E-state index contributed by atoms with van der Waals surface area (Å²) in [4.78, 5) is 4.48. The molecule has 1 aromatic carbocycles. The molecule has 5 nitrogen and oxygen atoms in total. The number of hydrogen-bond acceptors (Lipinski definition) is 5. The van der Waals surface area contributed by atoms with E-state index >= 15 is 0 Å². The number of halogens is 2. The van der Waals surface area contributed by atoms with Crippen LogP contribution in [0.15, 0.2) is 27.1 Å². The molecule has 0 spiro atoms. The molecule has 0 aliphatic heterocycles. The number of nitrogens with zero attached hydrogens (tertiary/aromatic N) is 2. The Morgan fingerprint density at radius 1 is 1.26 bits per heavy atom. The smallest absolute Gasteiger partial charge is 0.294 e. The number of rotatable bonds is 2. The summed E-state index contributed by atoms with van der Waals surface area (Å²) in [5.74, 6) is 1.48. The second-order valence-corrected chi connectivity index (χ2v) is 6.37. The SMILES string of the molecule is Cc1c(-c2nc(C3(N)CCCC3)no2)oc2c(Cl)cccc12.Cl. The maximum atomic E-state index is 6.37. The summed E-state index contributed by atoms with van der Waals surface area (Å²) in [6, 6.07) is 5.65. The van der Waals surface area contributed by atoms with Gasteiger partial charge in [0, 0.05) is 10.9 Å². The fourth-order valence-electron chi connectivity index (χ4n) is 3.16. The molecule has 0 atom stereocenters.